The van der Waals surface area contributed by atoms with E-state index in [1.165, 1.54) is 6.08 Å². The van der Waals surface area contributed by atoms with Crippen molar-refractivity contribution in [2.75, 3.05) is 0 Å². The van der Waals surface area contributed by atoms with E-state index in [9.17, 15) is 9.90 Å². The molecule has 0 fully saturated rings. The highest BCUT2D eigenvalue weighted by atomic mass is 35.5. The number of aromatic nitrogens is 2. The Hall–Kier alpha value is -2.77. The zero-order valence-corrected chi connectivity index (χ0v) is 15.8. The summed E-state index contributed by atoms with van der Waals surface area (Å²) in [5.41, 5.74) is 1.63. The maximum Gasteiger partial charge on any atom is 0.281 e. The first-order valence-corrected chi connectivity index (χ1v) is 9.07. The number of carboxylic acid groups (broad SMARTS) is 1. The highest BCUT2D eigenvalue weighted by molar-refractivity contribution is 8.03. The van der Waals surface area contributed by atoms with Crippen LogP contribution in [0.3, 0.4) is 0 Å². The third kappa shape index (κ3) is 5.60. The molecule has 0 aliphatic heterocycles. The first-order chi connectivity index (χ1) is 13.0. The van der Waals surface area contributed by atoms with Gasteiger partial charge in [-0.1, -0.05) is 35.9 Å². The van der Waals surface area contributed by atoms with Gasteiger partial charge >= 0.3 is 0 Å². The number of rotatable bonds is 7. The third-order valence-corrected chi connectivity index (χ3v) is 4.46. The fourth-order valence-electron chi connectivity index (χ4n) is 2.15. The summed E-state index contributed by atoms with van der Waals surface area (Å²) in [7, 11) is 0. The molecule has 1 heterocycles. The largest absolute Gasteiger partial charge is 0.544 e. The Kier molecular flexibility index (Phi) is 6.16. The summed E-state index contributed by atoms with van der Waals surface area (Å²) in [5, 5.41) is 19.6. The standard InChI is InChI=1S/C19H15ClN2O4S/c1-12-21-22-19(26-12)27-17(18(23)24)10-13-5-7-16(8-6-13)25-11-14-3-2-4-15(20)9-14/h2-10H,11H2,1H3,(H,23,24)/p-1/b17-10-. The van der Waals surface area contributed by atoms with Crippen LogP contribution in [0.5, 0.6) is 5.75 Å². The molecular weight excluding hydrogens is 388 g/mol. The minimum absolute atomic E-state index is 0.0359. The van der Waals surface area contributed by atoms with Crippen molar-refractivity contribution < 1.29 is 19.1 Å². The van der Waals surface area contributed by atoms with Gasteiger partial charge in [0.15, 0.2) is 0 Å². The van der Waals surface area contributed by atoms with E-state index in [1.54, 1.807) is 37.3 Å². The molecular formula is C19H14ClN2O4S-. The van der Waals surface area contributed by atoms with Crippen LogP contribution in [0, 0.1) is 6.92 Å². The lowest BCUT2D eigenvalue weighted by Crippen LogP contribution is -2.23. The van der Waals surface area contributed by atoms with Crippen molar-refractivity contribution in [1.29, 1.82) is 0 Å². The molecule has 0 N–H and O–H groups in total. The Morgan fingerprint density at radius 2 is 2.04 bits per heavy atom. The van der Waals surface area contributed by atoms with Gasteiger partial charge in [0.25, 0.3) is 5.22 Å². The zero-order valence-electron chi connectivity index (χ0n) is 14.2. The van der Waals surface area contributed by atoms with E-state index in [2.05, 4.69) is 10.2 Å². The molecule has 0 saturated heterocycles. The molecule has 0 amide bonds. The molecule has 0 aliphatic rings. The van der Waals surface area contributed by atoms with E-state index in [0.29, 0.717) is 28.8 Å². The van der Waals surface area contributed by atoms with Gasteiger partial charge in [-0.25, -0.2) is 0 Å². The molecule has 0 unspecified atom stereocenters. The Balaban J connectivity index is 1.67. The number of aryl methyl sites for hydroxylation is 1. The number of hydrogen-bond donors (Lipinski definition) is 0. The van der Waals surface area contributed by atoms with Crippen LogP contribution in [0.2, 0.25) is 5.02 Å². The van der Waals surface area contributed by atoms with E-state index in [4.69, 9.17) is 20.8 Å². The average Bonchev–Trinajstić information content (AvgIpc) is 3.05. The zero-order chi connectivity index (χ0) is 19.2. The van der Waals surface area contributed by atoms with Crippen LogP contribution in [-0.2, 0) is 11.4 Å². The van der Waals surface area contributed by atoms with Gasteiger partial charge in [-0.05, 0) is 53.2 Å². The monoisotopic (exact) mass is 401 g/mol. The first kappa shape index (κ1) is 19.0. The van der Waals surface area contributed by atoms with Crippen molar-refractivity contribution >= 4 is 35.4 Å². The number of hydrogen-bond acceptors (Lipinski definition) is 7. The molecule has 0 atom stereocenters. The molecule has 0 radical (unpaired) electrons. The van der Waals surface area contributed by atoms with Crippen molar-refractivity contribution in [2.24, 2.45) is 0 Å². The first-order valence-electron chi connectivity index (χ1n) is 7.88. The van der Waals surface area contributed by atoms with Gasteiger partial charge in [-0.2, -0.15) is 0 Å². The maximum atomic E-state index is 11.3. The van der Waals surface area contributed by atoms with Crippen molar-refractivity contribution in [3.05, 3.63) is 75.5 Å². The molecule has 2 aromatic carbocycles. The molecule has 138 valence electrons. The van der Waals surface area contributed by atoms with Gasteiger partial charge in [0.05, 0.1) is 5.97 Å². The molecule has 0 spiro atoms. The van der Waals surface area contributed by atoms with Gasteiger partial charge in [0.2, 0.25) is 5.89 Å². The Morgan fingerprint density at radius 3 is 2.67 bits per heavy atom. The van der Waals surface area contributed by atoms with E-state index in [-0.39, 0.29) is 10.1 Å². The molecule has 0 aliphatic carbocycles. The fraction of sp³-hybridized carbons (Fsp3) is 0.105. The predicted octanol–water partition coefficient (Wildman–Crippen LogP) is 3.49. The third-order valence-electron chi connectivity index (χ3n) is 3.38. The number of carboxylic acids is 1. The second-order valence-corrected chi connectivity index (χ2v) is 6.90. The summed E-state index contributed by atoms with van der Waals surface area (Å²) < 4.78 is 10.9. The molecule has 8 heteroatoms. The minimum atomic E-state index is -1.32. The van der Waals surface area contributed by atoms with E-state index in [0.717, 1.165) is 17.3 Å². The number of aliphatic carboxylic acids is 1. The molecule has 3 aromatic rings. The summed E-state index contributed by atoms with van der Waals surface area (Å²) in [4.78, 5) is 11.3. The number of carbonyl (C=O) groups is 1. The second-order valence-electron chi connectivity index (χ2n) is 5.47. The number of thioether (sulfide) groups is 1. The summed E-state index contributed by atoms with van der Waals surface area (Å²) in [6, 6.07) is 14.4. The number of carbonyl (C=O) groups excluding carboxylic acids is 1. The Bertz CT molecular complexity index is 970. The van der Waals surface area contributed by atoms with Gasteiger partial charge in [0, 0.05) is 16.9 Å². The second kappa shape index (κ2) is 8.75. The molecule has 6 nitrogen and oxygen atoms in total. The number of ether oxygens (including phenoxy) is 1. The maximum absolute atomic E-state index is 11.3. The summed E-state index contributed by atoms with van der Waals surface area (Å²) in [5.74, 6) is -0.309. The van der Waals surface area contributed by atoms with Crippen LogP contribution in [0.15, 0.2) is 63.1 Å². The average molecular weight is 402 g/mol. The van der Waals surface area contributed by atoms with Gasteiger partial charge in [0.1, 0.15) is 12.4 Å². The van der Waals surface area contributed by atoms with Crippen molar-refractivity contribution in [3.8, 4) is 5.75 Å². The van der Waals surface area contributed by atoms with Crippen molar-refractivity contribution in [3.63, 3.8) is 0 Å². The highest BCUT2D eigenvalue weighted by Gasteiger charge is 2.09. The van der Waals surface area contributed by atoms with Crippen LogP contribution in [0.4, 0.5) is 0 Å². The quantitative estimate of drug-likeness (QED) is 0.442. The topological polar surface area (TPSA) is 88.3 Å². The summed E-state index contributed by atoms with van der Waals surface area (Å²) in [6.45, 7) is 2.01. The summed E-state index contributed by atoms with van der Waals surface area (Å²) in [6.07, 6.45) is 1.47. The van der Waals surface area contributed by atoms with E-state index >= 15 is 0 Å². The lowest BCUT2D eigenvalue weighted by Gasteiger charge is -2.08. The van der Waals surface area contributed by atoms with Crippen LogP contribution in [0.25, 0.3) is 6.08 Å². The van der Waals surface area contributed by atoms with Crippen molar-refractivity contribution in [2.45, 2.75) is 18.8 Å². The van der Waals surface area contributed by atoms with Crippen LogP contribution in [-0.4, -0.2) is 16.2 Å². The SMILES string of the molecule is Cc1nnc(S/C(=C\c2ccc(OCc3cccc(Cl)c3)cc2)C(=O)[O-])o1. The van der Waals surface area contributed by atoms with E-state index in [1.807, 2.05) is 18.2 Å². The predicted molar refractivity (Wildman–Crippen MR) is 100 cm³/mol. The molecule has 27 heavy (non-hydrogen) atoms. The number of nitrogens with zero attached hydrogens (tertiary/aromatic N) is 2. The van der Waals surface area contributed by atoms with Gasteiger partial charge in [-0.3, -0.25) is 0 Å². The van der Waals surface area contributed by atoms with Gasteiger partial charge < -0.3 is 19.1 Å². The highest BCUT2D eigenvalue weighted by Crippen LogP contribution is 2.27. The Morgan fingerprint density at radius 1 is 1.26 bits per heavy atom. The molecule has 3 rings (SSSR count). The molecule has 0 bridgehead atoms. The lowest BCUT2D eigenvalue weighted by atomic mass is 10.2. The molecule has 0 saturated carbocycles. The van der Waals surface area contributed by atoms with E-state index < -0.39 is 5.97 Å². The molecule has 1 aromatic heterocycles. The van der Waals surface area contributed by atoms with Crippen LogP contribution < -0.4 is 9.84 Å². The fourth-order valence-corrected chi connectivity index (χ4v) is 3.07. The van der Waals surface area contributed by atoms with Crippen molar-refractivity contribution in [1.82, 2.24) is 10.2 Å². The number of halogens is 1. The minimum Gasteiger partial charge on any atom is -0.544 e. The lowest BCUT2D eigenvalue weighted by molar-refractivity contribution is -0.298. The normalized spacial score (nSPS) is 11.4. The van der Waals surface area contributed by atoms with Crippen LogP contribution >= 0.6 is 23.4 Å². The smallest absolute Gasteiger partial charge is 0.281 e. The number of benzene rings is 2. The van der Waals surface area contributed by atoms with Crippen LogP contribution in [0.1, 0.15) is 17.0 Å². The summed E-state index contributed by atoms with van der Waals surface area (Å²) >= 11 is 6.79. The van der Waals surface area contributed by atoms with Gasteiger partial charge in [-0.15, -0.1) is 10.2 Å². The Labute approximate surface area is 164 Å².